The summed E-state index contributed by atoms with van der Waals surface area (Å²) in [6.07, 6.45) is 9.44. The van der Waals surface area contributed by atoms with Gasteiger partial charge in [-0.3, -0.25) is 4.90 Å². The summed E-state index contributed by atoms with van der Waals surface area (Å²) in [6.45, 7) is 10.4. The molecule has 1 aliphatic carbocycles. The lowest BCUT2D eigenvalue weighted by Gasteiger charge is -2.37. The Balaban J connectivity index is 1.23. The van der Waals surface area contributed by atoms with Crippen LogP contribution in [-0.2, 0) is 0 Å². The Hall–Kier alpha value is -3.46. The molecule has 0 bridgehead atoms. The lowest BCUT2D eigenvalue weighted by Crippen LogP contribution is -2.37. The molecule has 2 fully saturated rings. The highest BCUT2D eigenvalue weighted by Gasteiger charge is 2.45. The first-order valence-corrected chi connectivity index (χ1v) is 13.9. The van der Waals surface area contributed by atoms with Crippen LogP contribution in [0.1, 0.15) is 76.3 Å². The SMILES string of the molecule is CC[C@@H](c1ccc(Nc2ncc(F)c(-c3cc(F)c4nc(C)n(C(C)C)c4c3)n2)nc1)N1CCC2(CC1)CC2. The highest BCUT2D eigenvalue weighted by atomic mass is 19.1. The third-order valence-electron chi connectivity index (χ3n) is 8.51. The molecule has 0 amide bonds. The molecule has 1 atom stereocenters. The number of anilines is 2. The van der Waals surface area contributed by atoms with Crippen LogP contribution in [0.2, 0.25) is 0 Å². The number of pyridine rings is 1. The molecule has 39 heavy (non-hydrogen) atoms. The highest BCUT2D eigenvalue weighted by Crippen LogP contribution is 2.54. The van der Waals surface area contributed by atoms with E-state index in [1.807, 2.05) is 37.6 Å². The Labute approximate surface area is 227 Å². The Morgan fingerprint density at radius 2 is 1.74 bits per heavy atom. The molecule has 2 aliphatic rings. The summed E-state index contributed by atoms with van der Waals surface area (Å²) in [6, 6.07) is 7.43. The number of likely N-dealkylation sites (tertiary alicyclic amines) is 1. The Morgan fingerprint density at radius 1 is 0.974 bits per heavy atom. The quantitative estimate of drug-likeness (QED) is 0.274. The van der Waals surface area contributed by atoms with Crippen LogP contribution >= 0.6 is 0 Å². The van der Waals surface area contributed by atoms with Crippen molar-refractivity contribution in [3.05, 3.63) is 59.7 Å². The molecular weight excluding hydrogens is 496 g/mol. The molecule has 0 unspecified atom stereocenters. The second kappa shape index (κ2) is 9.93. The van der Waals surface area contributed by atoms with Crippen molar-refractivity contribution in [2.75, 3.05) is 18.4 Å². The van der Waals surface area contributed by atoms with Crippen LogP contribution in [-0.4, -0.2) is 42.5 Å². The van der Waals surface area contributed by atoms with Gasteiger partial charge in [-0.25, -0.2) is 28.7 Å². The number of imidazole rings is 1. The number of nitrogens with one attached hydrogen (secondary N) is 1. The highest BCUT2D eigenvalue weighted by molar-refractivity contribution is 5.83. The van der Waals surface area contributed by atoms with Gasteiger partial charge in [0.2, 0.25) is 5.95 Å². The van der Waals surface area contributed by atoms with Crippen LogP contribution in [0, 0.1) is 24.0 Å². The molecule has 1 spiro atoms. The molecule has 1 saturated carbocycles. The number of aryl methyl sites for hydroxylation is 1. The Bertz CT molecular complexity index is 1500. The number of hydrogen-bond donors (Lipinski definition) is 1. The number of piperidine rings is 1. The molecule has 1 aromatic carbocycles. The van der Waals surface area contributed by atoms with Gasteiger partial charge < -0.3 is 9.88 Å². The van der Waals surface area contributed by atoms with Gasteiger partial charge in [0.25, 0.3) is 0 Å². The summed E-state index contributed by atoms with van der Waals surface area (Å²) in [5.41, 5.74) is 3.06. The minimum Gasteiger partial charge on any atom is -0.326 e. The lowest BCUT2D eigenvalue weighted by atomic mass is 9.91. The molecule has 1 N–H and O–H groups in total. The van der Waals surface area contributed by atoms with Gasteiger partial charge in [0, 0.05) is 23.8 Å². The molecule has 0 radical (unpaired) electrons. The minimum absolute atomic E-state index is 0.0173. The number of aromatic nitrogens is 5. The van der Waals surface area contributed by atoms with E-state index in [4.69, 9.17) is 0 Å². The maximum atomic E-state index is 15.0. The van der Waals surface area contributed by atoms with E-state index in [1.165, 1.54) is 37.3 Å². The maximum absolute atomic E-state index is 15.0. The fourth-order valence-corrected chi connectivity index (χ4v) is 6.17. The average molecular weight is 532 g/mol. The monoisotopic (exact) mass is 531 g/mol. The van der Waals surface area contributed by atoms with Crippen LogP contribution in [0.3, 0.4) is 0 Å². The zero-order valence-electron chi connectivity index (χ0n) is 23.0. The van der Waals surface area contributed by atoms with E-state index in [0.29, 0.717) is 34.2 Å². The van der Waals surface area contributed by atoms with E-state index in [2.05, 4.69) is 43.1 Å². The van der Waals surface area contributed by atoms with E-state index >= 15 is 4.39 Å². The van der Waals surface area contributed by atoms with Gasteiger partial charge in [0.15, 0.2) is 11.6 Å². The van der Waals surface area contributed by atoms with E-state index < -0.39 is 11.6 Å². The van der Waals surface area contributed by atoms with E-state index in [-0.39, 0.29) is 23.2 Å². The molecule has 4 heterocycles. The summed E-state index contributed by atoms with van der Waals surface area (Å²) >= 11 is 0. The second-order valence-corrected chi connectivity index (χ2v) is 11.4. The fraction of sp³-hybridized carbons (Fsp3) is 0.467. The Kier molecular flexibility index (Phi) is 6.57. The molecule has 3 aromatic heterocycles. The van der Waals surface area contributed by atoms with Gasteiger partial charge in [-0.15, -0.1) is 0 Å². The van der Waals surface area contributed by atoms with E-state index in [9.17, 15) is 4.39 Å². The number of benzene rings is 1. The van der Waals surface area contributed by atoms with Crippen molar-refractivity contribution < 1.29 is 8.78 Å². The zero-order chi connectivity index (χ0) is 27.3. The predicted octanol–water partition coefficient (Wildman–Crippen LogP) is 7.13. The van der Waals surface area contributed by atoms with Crippen molar-refractivity contribution in [3.8, 4) is 11.3 Å². The Morgan fingerprint density at radius 3 is 2.38 bits per heavy atom. The average Bonchev–Trinajstić information content (AvgIpc) is 3.58. The molecule has 7 nitrogen and oxygen atoms in total. The van der Waals surface area contributed by atoms with Crippen molar-refractivity contribution in [1.29, 1.82) is 0 Å². The predicted molar refractivity (Wildman–Crippen MR) is 149 cm³/mol. The molecule has 1 saturated heterocycles. The summed E-state index contributed by atoms with van der Waals surface area (Å²) in [5, 5.41) is 3.08. The lowest BCUT2D eigenvalue weighted by molar-refractivity contribution is 0.120. The normalized spacial score (nSPS) is 17.7. The first kappa shape index (κ1) is 25.8. The first-order chi connectivity index (χ1) is 18.8. The number of rotatable bonds is 7. The van der Waals surface area contributed by atoms with Crippen LogP contribution < -0.4 is 5.32 Å². The second-order valence-electron chi connectivity index (χ2n) is 11.4. The van der Waals surface area contributed by atoms with Gasteiger partial charge in [0.05, 0.1) is 11.7 Å². The largest absolute Gasteiger partial charge is 0.326 e. The summed E-state index contributed by atoms with van der Waals surface area (Å²) in [4.78, 5) is 20.1. The standard InChI is InChI=1S/C30H35F2N7/c1-5-24(38-12-10-30(8-9-30)11-13-38)20-6-7-26(33-16-20)36-29-34-17-23(32)27(37-29)21-14-22(31)28-25(15-21)39(18(2)3)19(4)35-28/h6-7,14-18,24H,5,8-13H2,1-4H3,(H,33,34,36,37)/t24-/m0/s1. The third-order valence-corrected chi connectivity index (χ3v) is 8.51. The van der Waals surface area contributed by atoms with Crippen LogP contribution in [0.15, 0.2) is 36.7 Å². The van der Waals surface area contributed by atoms with Crippen molar-refractivity contribution in [2.45, 2.75) is 71.9 Å². The van der Waals surface area contributed by atoms with Gasteiger partial charge >= 0.3 is 0 Å². The number of fused-ring (bicyclic) bond motifs is 1. The molecule has 9 heteroatoms. The number of nitrogens with zero attached hydrogens (tertiary/aromatic N) is 6. The molecule has 204 valence electrons. The van der Waals surface area contributed by atoms with Crippen LogP contribution in [0.5, 0.6) is 0 Å². The van der Waals surface area contributed by atoms with Gasteiger partial charge in [-0.2, -0.15) is 0 Å². The fourth-order valence-electron chi connectivity index (χ4n) is 6.17. The maximum Gasteiger partial charge on any atom is 0.229 e. The van der Waals surface area contributed by atoms with Crippen LogP contribution in [0.4, 0.5) is 20.5 Å². The third kappa shape index (κ3) is 4.88. The van der Waals surface area contributed by atoms with Crippen molar-refractivity contribution in [3.63, 3.8) is 0 Å². The number of halogens is 2. The van der Waals surface area contributed by atoms with Crippen molar-refractivity contribution in [2.24, 2.45) is 5.41 Å². The smallest absolute Gasteiger partial charge is 0.229 e. The first-order valence-electron chi connectivity index (χ1n) is 13.9. The zero-order valence-corrected chi connectivity index (χ0v) is 23.0. The van der Waals surface area contributed by atoms with Crippen molar-refractivity contribution >= 4 is 22.8 Å². The molecule has 4 aromatic rings. The van der Waals surface area contributed by atoms with Gasteiger partial charge in [-0.05, 0) is 95.1 Å². The van der Waals surface area contributed by atoms with Gasteiger partial charge in [-0.1, -0.05) is 13.0 Å². The van der Waals surface area contributed by atoms with Gasteiger partial charge in [0.1, 0.15) is 22.9 Å². The summed E-state index contributed by atoms with van der Waals surface area (Å²) < 4.78 is 31.8. The molecule has 6 rings (SSSR count). The summed E-state index contributed by atoms with van der Waals surface area (Å²) in [5.74, 6) is 0.320. The van der Waals surface area contributed by atoms with Crippen LogP contribution in [0.25, 0.3) is 22.3 Å². The molecular formula is C30H35F2N7. The van der Waals surface area contributed by atoms with Crippen molar-refractivity contribution in [1.82, 2.24) is 29.4 Å². The minimum atomic E-state index is -0.629. The molecule has 1 aliphatic heterocycles. The van der Waals surface area contributed by atoms with E-state index in [0.717, 1.165) is 25.7 Å². The van der Waals surface area contributed by atoms with E-state index in [1.54, 1.807) is 6.07 Å². The topological polar surface area (TPSA) is 71.8 Å². The number of hydrogen-bond acceptors (Lipinski definition) is 6. The summed E-state index contributed by atoms with van der Waals surface area (Å²) in [7, 11) is 0.